The van der Waals surface area contributed by atoms with Gasteiger partial charge in [-0.05, 0) is 26.0 Å². The van der Waals surface area contributed by atoms with Crippen molar-refractivity contribution in [1.29, 1.82) is 0 Å². The SMILES string of the molecule is CCOc1ccccc1C(=O)NCC(=O)NC(C)C(=O)N1CCS(=O)(=O)CC1. The summed E-state index contributed by atoms with van der Waals surface area (Å²) in [4.78, 5) is 38.1. The van der Waals surface area contributed by atoms with E-state index in [1.165, 1.54) is 11.8 Å². The number of benzene rings is 1. The van der Waals surface area contributed by atoms with Gasteiger partial charge >= 0.3 is 0 Å². The molecule has 0 aromatic heterocycles. The standard InChI is InChI=1S/C18H25N3O6S/c1-3-27-15-7-5-4-6-14(15)17(23)19-12-16(22)20-13(2)18(24)21-8-10-28(25,26)11-9-21/h4-7,13H,3,8-12H2,1-2H3,(H,19,23)(H,20,22). The predicted octanol–water partition coefficient (Wildman–Crippen LogP) is -0.423. The van der Waals surface area contributed by atoms with Gasteiger partial charge in [-0.2, -0.15) is 0 Å². The zero-order chi connectivity index (χ0) is 20.7. The first-order valence-electron chi connectivity index (χ1n) is 9.02. The van der Waals surface area contributed by atoms with Crippen LogP contribution in [-0.2, 0) is 19.4 Å². The maximum absolute atomic E-state index is 12.3. The van der Waals surface area contributed by atoms with Crippen molar-refractivity contribution in [2.75, 3.05) is 37.7 Å². The van der Waals surface area contributed by atoms with Gasteiger partial charge in [0.05, 0.1) is 30.2 Å². The van der Waals surface area contributed by atoms with Gasteiger partial charge in [-0.1, -0.05) is 12.1 Å². The molecule has 10 heteroatoms. The lowest BCUT2D eigenvalue weighted by Gasteiger charge is -2.29. The Bertz CT molecular complexity index is 825. The van der Waals surface area contributed by atoms with Gasteiger partial charge in [0.1, 0.15) is 11.8 Å². The van der Waals surface area contributed by atoms with E-state index < -0.39 is 27.7 Å². The van der Waals surface area contributed by atoms with Crippen molar-refractivity contribution in [2.45, 2.75) is 19.9 Å². The molecular formula is C18H25N3O6S. The van der Waals surface area contributed by atoms with Crippen LogP contribution in [0.1, 0.15) is 24.2 Å². The van der Waals surface area contributed by atoms with Crippen molar-refractivity contribution in [2.24, 2.45) is 0 Å². The number of hydrogen-bond donors (Lipinski definition) is 2. The Morgan fingerprint density at radius 2 is 1.82 bits per heavy atom. The Morgan fingerprint density at radius 3 is 2.46 bits per heavy atom. The molecule has 1 saturated heterocycles. The van der Waals surface area contributed by atoms with Crippen LogP contribution in [0.5, 0.6) is 5.75 Å². The molecule has 1 aromatic carbocycles. The summed E-state index contributed by atoms with van der Waals surface area (Å²) in [6, 6.07) is 5.87. The Hall–Kier alpha value is -2.62. The second kappa shape index (κ2) is 9.54. The molecule has 2 rings (SSSR count). The summed E-state index contributed by atoms with van der Waals surface area (Å²) in [5, 5.41) is 5.02. The van der Waals surface area contributed by atoms with Gasteiger partial charge in [-0.3, -0.25) is 14.4 Å². The van der Waals surface area contributed by atoms with Gasteiger partial charge in [0.2, 0.25) is 11.8 Å². The first-order valence-corrected chi connectivity index (χ1v) is 10.8. The van der Waals surface area contributed by atoms with E-state index in [-0.39, 0.29) is 37.0 Å². The molecule has 1 aliphatic rings. The molecular weight excluding hydrogens is 386 g/mol. The molecule has 9 nitrogen and oxygen atoms in total. The second-order valence-electron chi connectivity index (χ2n) is 6.38. The highest BCUT2D eigenvalue weighted by Crippen LogP contribution is 2.17. The zero-order valence-corrected chi connectivity index (χ0v) is 16.8. The average molecular weight is 411 g/mol. The summed E-state index contributed by atoms with van der Waals surface area (Å²) in [5.74, 6) is -1.06. The fourth-order valence-corrected chi connectivity index (χ4v) is 3.95. The molecule has 1 aromatic rings. The van der Waals surface area contributed by atoms with Gasteiger partial charge in [-0.15, -0.1) is 0 Å². The third-order valence-electron chi connectivity index (χ3n) is 4.25. The number of nitrogens with one attached hydrogen (secondary N) is 2. The minimum absolute atomic E-state index is 0.0747. The van der Waals surface area contributed by atoms with Crippen LogP contribution in [0, 0.1) is 0 Å². The fourth-order valence-electron chi connectivity index (χ4n) is 2.75. The molecule has 0 spiro atoms. The maximum Gasteiger partial charge on any atom is 0.255 e. The largest absolute Gasteiger partial charge is 0.493 e. The predicted molar refractivity (Wildman–Crippen MR) is 103 cm³/mol. The Labute approximate surface area is 164 Å². The lowest BCUT2D eigenvalue weighted by molar-refractivity contribution is -0.135. The molecule has 1 aliphatic heterocycles. The van der Waals surface area contributed by atoms with Crippen LogP contribution in [0.2, 0.25) is 0 Å². The highest BCUT2D eigenvalue weighted by Gasteiger charge is 2.28. The monoisotopic (exact) mass is 411 g/mol. The summed E-state index contributed by atoms with van der Waals surface area (Å²) in [6.07, 6.45) is 0. The van der Waals surface area contributed by atoms with Crippen molar-refractivity contribution in [3.63, 3.8) is 0 Å². The van der Waals surface area contributed by atoms with Crippen LogP contribution in [0.15, 0.2) is 24.3 Å². The van der Waals surface area contributed by atoms with Crippen LogP contribution in [0.3, 0.4) is 0 Å². The number of amides is 3. The number of nitrogens with zero attached hydrogens (tertiary/aromatic N) is 1. The molecule has 1 atom stereocenters. The lowest BCUT2D eigenvalue weighted by atomic mass is 10.2. The summed E-state index contributed by atoms with van der Waals surface area (Å²) in [5.41, 5.74) is 0.316. The van der Waals surface area contributed by atoms with Crippen LogP contribution in [0.25, 0.3) is 0 Å². The van der Waals surface area contributed by atoms with Crippen LogP contribution < -0.4 is 15.4 Å². The average Bonchev–Trinajstić information content (AvgIpc) is 2.66. The number of para-hydroxylation sites is 1. The number of hydrogen-bond acceptors (Lipinski definition) is 6. The number of carbonyl (C=O) groups excluding carboxylic acids is 3. The van der Waals surface area contributed by atoms with E-state index in [1.54, 1.807) is 31.2 Å². The smallest absolute Gasteiger partial charge is 0.255 e. The summed E-state index contributed by atoms with van der Waals surface area (Å²) in [7, 11) is -3.09. The van der Waals surface area contributed by atoms with Crippen molar-refractivity contribution in [1.82, 2.24) is 15.5 Å². The van der Waals surface area contributed by atoms with Gasteiger partial charge in [0.15, 0.2) is 9.84 Å². The van der Waals surface area contributed by atoms with Crippen molar-refractivity contribution >= 4 is 27.6 Å². The summed E-state index contributed by atoms with van der Waals surface area (Å²) < 4.78 is 28.3. The molecule has 1 unspecified atom stereocenters. The molecule has 1 heterocycles. The van der Waals surface area contributed by atoms with E-state index in [9.17, 15) is 22.8 Å². The quantitative estimate of drug-likeness (QED) is 0.628. The maximum atomic E-state index is 12.3. The van der Waals surface area contributed by atoms with E-state index in [4.69, 9.17) is 4.74 Å². The molecule has 3 amide bonds. The van der Waals surface area contributed by atoms with Gasteiger partial charge in [0.25, 0.3) is 5.91 Å². The molecule has 0 aliphatic carbocycles. The molecule has 154 valence electrons. The third kappa shape index (κ3) is 5.95. The van der Waals surface area contributed by atoms with E-state index in [0.29, 0.717) is 17.9 Å². The first-order chi connectivity index (χ1) is 13.2. The van der Waals surface area contributed by atoms with E-state index in [0.717, 1.165) is 0 Å². The van der Waals surface area contributed by atoms with E-state index in [2.05, 4.69) is 10.6 Å². The van der Waals surface area contributed by atoms with Crippen LogP contribution >= 0.6 is 0 Å². The van der Waals surface area contributed by atoms with E-state index in [1.807, 2.05) is 0 Å². The van der Waals surface area contributed by atoms with Crippen molar-refractivity contribution in [3.05, 3.63) is 29.8 Å². The molecule has 0 saturated carbocycles. The van der Waals surface area contributed by atoms with Crippen molar-refractivity contribution in [3.8, 4) is 5.75 Å². The molecule has 0 bridgehead atoms. The molecule has 2 N–H and O–H groups in total. The second-order valence-corrected chi connectivity index (χ2v) is 8.68. The molecule has 28 heavy (non-hydrogen) atoms. The fraction of sp³-hybridized carbons (Fsp3) is 0.500. The molecule has 1 fully saturated rings. The molecule has 0 radical (unpaired) electrons. The number of ether oxygens (including phenoxy) is 1. The van der Waals surface area contributed by atoms with Gasteiger partial charge in [-0.25, -0.2) is 8.42 Å². The normalized spacial score (nSPS) is 16.7. The van der Waals surface area contributed by atoms with Crippen LogP contribution in [0.4, 0.5) is 0 Å². The minimum atomic E-state index is -3.09. The summed E-state index contributed by atoms with van der Waals surface area (Å²) in [6.45, 7) is 3.67. The van der Waals surface area contributed by atoms with Crippen molar-refractivity contribution < 1.29 is 27.5 Å². The van der Waals surface area contributed by atoms with Crippen LogP contribution in [-0.4, -0.2) is 74.8 Å². The lowest BCUT2D eigenvalue weighted by Crippen LogP contribution is -2.52. The van der Waals surface area contributed by atoms with Gasteiger partial charge < -0.3 is 20.3 Å². The highest BCUT2D eigenvalue weighted by molar-refractivity contribution is 7.91. The number of carbonyl (C=O) groups is 3. The van der Waals surface area contributed by atoms with E-state index >= 15 is 0 Å². The van der Waals surface area contributed by atoms with Gasteiger partial charge in [0, 0.05) is 13.1 Å². The number of rotatable bonds is 7. The third-order valence-corrected chi connectivity index (χ3v) is 5.85. The minimum Gasteiger partial charge on any atom is -0.493 e. The topological polar surface area (TPSA) is 122 Å². The Balaban J connectivity index is 1.83. The summed E-state index contributed by atoms with van der Waals surface area (Å²) >= 11 is 0. The Morgan fingerprint density at radius 1 is 1.18 bits per heavy atom. The number of sulfone groups is 1. The zero-order valence-electron chi connectivity index (χ0n) is 15.9. The Kier molecular flexibility index (Phi) is 7.38. The highest BCUT2D eigenvalue weighted by atomic mass is 32.2. The first kappa shape index (κ1) is 21.7.